The van der Waals surface area contributed by atoms with Crippen molar-refractivity contribution < 1.29 is 57.9 Å². The van der Waals surface area contributed by atoms with Gasteiger partial charge < -0.3 is 6.33 Å². The van der Waals surface area contributed by atoms with Gasteiger partial charge in [0, 0.05) is 28.9 Å². The Hall–Kier alpha value is -1.69. The summed E-state index contributed by atoms with van der Waals surface area (Å²) in [6.45, 7) is 4.54. The number of fused-ring (bicyclic) bond motifs is 2. The number of nitrogens with zero attached hydrogens (tertiary/aromatic N) is 1. The molecule has 0 amide bonds. The molecule has 4 rings (SSSR count). The molecule has 0 aromatic heterocycles. The fourth-order valence-corrected chi connectivity index (χ4v) is 6.63. The van der Waals surface area contributed by atoms with E-state index in [1.54, 1.807) is 36.4 Å². The summed E-state index contributed by atoms with van der Waals surface area (Å²) in [7, 11) is -7.40. The van der Waals surface area contributed by atoms with Gasteiger partial charge >= 0.3 is 29.6 Å². The van der Waals surface area contributed by atoms with Crippen LogP contribution in [0, 0.1) is 0 Å². The summed E-state index contributed by atoms with van der Waals surface area (Å²) in [5.74, 6) is -0.727. The molecule has 0 fully saturated rings. The largest absolute Gasteiger partial charge is 1.00 e. The molecule has 0 saturated carbocycles. The van der Waals surface area contributed by atoms with Gasteiger partial charge in [-0.1, -0.05) is 56.3 Å². The van der Waals surface area contributed by atoms with Crippen LogP contribution in [0.15, 0.2) is 88.3 Å². The standard InChI is InChI=1S/C25H27NO6S2.Na.H/c1-25(2)19-11-4-5-12-20(19)26(16-9-17-33(28,29)30)23(25)15-8-7-14-22-24(27)18-10-3-6-13-21(18)34(22,31)32;;/h3-8,10-15,31-32H,9,16-17H2,1-2H3,(H,28,29,30);;/q;+1;-1. The molecule has 0 bridgehead atoms. The molecule has 0 unspecified atom stereocenters. The summed E-state index contributed by atoms with van der Waals surface area (Å²) in [6, 6.07) is 14.4. The van der Waals surface area contributed by atoms with Gasteiger partial charge in [-0.2, -0.15) is 8.42 Å². The summed E-state index contributed by atoms with van der Waals surface area (Å²) >= 11 is 0. The van der Waals surface area contributed by atoms with E-state index in [1.807, 2.05) is 35.2 Å². The number of benzene rings is 2. The Bertz CT molecular complexity index is 1350. The molecule has 3 N–H and O–H groups in total. The Morgan fingerprint density at radius 2 is 1.66 bits per heavy atom. The molecule has 0 aliphatic carbocycles. The summed E-state index contributed by atoms with van der Waals surface area (Å²) in [5, 5.41) is 0. The van der Waals surface area contributed by atoms with Crippen LogP contribution in [-0.4, -0.2) is 40.2 Å². The topological polar surface area (TPSA) is 115 Å². The molecule has 2 aromatic rings. The first-order valence-electron chi connectivity index (χ1n) is 10.8. The zero-order valence-corrected chi connectivity index (χ0v) is 23.5. The van der Waals surface area contributed by atoms with Crippen LogP contribution in [0.5, 0.6) is 0 Å². The number of hydrogen-bond donors (Lipinski definition) is 3. The Morgan fingerprint density at radius 3 is 2.34 bits per heavy atom. The van der Waals surface area contributed by atoms with E-state index in [2.05, 4.69) is 13.8 Å². The molecule has 2 aliphatic heterocycles. The smallest absolute Gasteiger partial charge is 1.00 e. The molecule has 182 valence electrons. The van der Waals surface area contributed by atoms with Crippen LogP contribution >= 0.6 is 10.6 Å². The van der Waals surface area contributed by atoms with Gasteiger partial charge in [0.05, 0.1) is 10.6 Å². The van der Waals surface area contributed by atoms with E-state index >= 15 is 0 Å². The number of carbonyl (C=O) groups is 1. The number of rotatable bonds is 6. The van der Waals surface area contributed by atoms with E-state index in [4.69, 9.17) is 4.55 Å². The number of carbonyl (C=O) groups excluding carboxylic acids is 1. The van der Waals surface area contributed by atoms with E-state index in [0.29, 0.717) is 12.1 Å². The minimum Gasteiger partial charge on any atom is -1.00 e. The van der Waals surface area contributed by atoms with Crippen molar-refractivity contribution in [1.29, 1.82) is 0 Å². The second kappa shape index (κ2) is 10.4. The summed E-state index contributed by atoms with van der Waals surface area (Å²) in [4.78, 5) is 14.9. The molecular formula is C25H28NNaO6S2. The summed E-state index contributed by atoms with van der Waals surface area (Å²) in [6.07, 6.45) is 6.91. The van der Waals surface area contributed by atoms with Crippen LogP contribution in [-0.2, 0) is 15.5 Å². The second-order valence-corrected chi connectivity index (χ2v) is 12.3. The predicted octanol–water partition coefficient (Wildman–Crippen LogP) is 2.51. The van der Waals surface area contributed by atoms with Gasteiger partial charge in [-0.05, 0) is 42.3 Å². The Morgan fingerprint density at radius 1 is 1.03 bits per heavy atom. The Kier molecular flexibility index (Phi) is 8.25. The minimum atomic E-state index is -4.05. The average molecular weight is 526 g/mol. The molecule has 7 nitrogen and oxygen atoms in total. The minimum absolute atomic E-state index is 0. The first-order chi connectivity index (χ1) is 15.9. The van der Waals surface area contributed by atoms with Gasteiger partial charge in [0.15, 0.2) is 0 Å². The number of allylic oxidation sites excluding steroid dienone is 6. The molecular weight excluding hydrogens is 497 g/mol. The van der Waals surface area contributed by atoms with E-state index in [1.165, 1.54) is 6.08 Å². The van der Waals surface area contributed by atoms with Gasteiger partial charge in [-0.15, -0.1) is 10.6 Å². The molecule has 2 aromatic carbocycles. The third-order valence-corrected chi connectivity index (χ3v) is 8.87. The van der Waals surface area contributed by atoms with E-state index < -0.39 is 26.5 Å². The first-order valence-corrected chi connectivity index (χ1v) is 13.9. The van der Waals surface area contributed by atoms with Gasteiger partial charge in [0.25, 0.3) is 10.1 Å². The van der Waals surface area contributed by atoms with Crippen LogP contribution < -0.4 is 34.5 Å². The van der Waals surface area contributed by atoms with Crippen LogP contribution in [0.2, 0.25) is 0 Å². The van der Waals surface area contributed by atoms with E-state index in [9.17, 15) is 22.3 Å². The maximum Gasteiger partial charge on any atom is 1.00 e. The summed E-state index contributed by atoms with van der Waals surface area (Å²) < 4.78 is 52.7. The van der Waals surface area contributed by atoms with Crippen molar-refractivity contribution in [1.82, 2.24) is 0 Å². The van der Waals surface area contributed by atoms with Crippen molar-refractivity contribution in [2.45, 2.75) is 30.6 Å². The number of hydrogen-bond acceptors (Lipinski definition) is 6. The second-order valence-electron chi connectivity index (χ2n) is 8.78. The van der Waals surface area contributed by atoms with Crippen LogP contribution in [0.4, 0.5) is 5.69 Å². The van der Waals surface area contributed by atoms with Crippen LogP contribution in [0.25, 0.3) is 0 Å². The van der Waals surface area contributed by atoms with E-state index in [-0.39, 0.29) is 58.4 Å². The van der Waals surface area contributed by atoms with Crippen molar-refractivity contribution in [2.75, 3.05) is 17.2 Å². The number of Topliss-reactive ketones (excluding diaryl/α,β-unsaturated/α-hetero) is 1. The van der Waals surface area contributed by atoms with Crippen LogP contribution in [0.1, 0.15) is 37.6 Å². The fraction of sp³-hybridized carbons (Fsp3) is 0.240. The SMILES string of the molecule is CC1(C)C(=CC=CC=C2C(=O)c3ccccc3S2(O)O)N(CCCS(=O)(=O)O)c2ccccc21.[H-].[Na+]. The fourth-order valence-electron chi connectivity index (χ4n) is 4.53. The van der Waals surface area contributed by atoms with Gasteiger partial charge in [-0.25, -0.2) is 0 Å². The summed E-state index contributed by atoms with van der Waals surface area (Å²) in [5.41, 5.74) is 2.92. The van der Waals surface area contributed by atoms with E-state index in [0.717, 1.165) is 16.9 Å². The maximum absolute atomic E-state index is 12.7. The molecule has 2 heterocycles. The molecule has 2 aliphatic rings. The zero-order valence-electron chi connectivity index (χ0n) is 20.9. The Balaban J connectivity index is 0.00000228. The maximum atomic E-state index is 12.7. The van der Waals surface area contributed by atoms with Gasteiger partial charge in [0.2, 0.25) is 5.78 Å². The molecule has 0 spiro atoms. The number of ketones is 1. The monoisotopic (exact) mass is 525 g/mol. The third-order valence-electron chi connectivity index (χ3n) is 6.16. The molecule has 10 heteroatoms. The normalized spacial score (nSPS) is 21.3. The predicted molar refractivity (Wildman–Crippen MR) is 136 cm³/mol. The third kappa shape index (κ3) is 5.38. The molecule has 0 radical (unpaired) electrons. The molecule has 0 atom stereocenters. The quantitative estimate of drug-likeness (QED) is 0.302. The number of anilines is 1. The average Bonchev–Trinajstić information content (AvgIpc) is 3.10. The molecule has 0 saturated heterocycles. The van der Waals surface area contributed by atoms with Gasteiger partial charge in [-0.3, -0.25) is 18.5 Å². The zero-order chi connectivity index (χ0) is 24.7. The van der Waals surface area contributed by atoms with Gasteiger partial charge in [0.1, 0.15) is 4.91 Å². The van der Waals surface area contributed by atoms with Crippen molar-refractivity contribution >= 4 is 32.2 Å². The number of para-hydroxylation sites is 1. The van der Waals surface area contributed by atoms with Crippen molar-refractivity contribution in [3.63, 3.8) is 0 Å². The first kappa shape index (κ1) is 27.9. The van der Waals surface area contributed by atoms with Crippen molar-refractivity contribution in [3.8, 4) is 0 Å². The van der Waals surface area contributed by atoms with Crippen molar-refractivity contribution in [2.24, 2.45) is 0 Å². The van der Waals surface area contributed by atoms with Crippen molar-refractivity contribution in [3.05, 3.63) is 94.6 Å². The molecule has 35 heavy (non-hydrogen) atoms. The Labute approximate surface area is 231 Å². The van der Waals surface area contributed by atoms with Crippen LogP contribution in [0.3, 0.4) is 0 Å².